The van der Waals surface area contributed by atoms with E-state index in [2.05, 4.69) is 91.0 Å². The minimum atomic E-state index is -1.64. The zero-order valence-electron chi connectivity index (χ0n) is 83.1. The molecule has 0 radical (unpaired) electrons. The number of hydrogen-bond acceptors (Lipinski definition) is 34. The number of primary amides is 1. The van der Waals surface area contributed by atoms with Crippen molar-refractivity contribution in [3.8, 4) is 17.6 Å². The Bertz CT molecular complexity index is 4490. The van der Waals surface area contributed by atoms with Crippen LogP contribution < -0.4 is 41.4 Å². The summed E-state index contributed by atoms with van der Waals surface area (Å²) in [6.07, 6.45) is -5.30. The van der Waals surface area contributed by atoms with Crippen molar-refractivity contribution in [1.29, 1.82) is 5.26 Å². The smallest absolute Gasteiger partial charge is 0.307 e. The Labute approximate surface area is 819 Å². The number of likely N-dealkylation sites (tertiary alicyclic amines) is 1. The number of rotatable bonds is 61. The molecule has 3 fully saturated rings. The van der Waals surface area contributed by atoms with Crippen LogP contribution in [0.5, 0.6) is 11.5 Å². The summed E-state index contributed by atoms with van der Waals surface area (Å²) in [5.41, 5.74) is 0.0335. The summed E-state index contributed by atoms with van der Waals surface area (Å²) < 4.78 is 113. The number of ether oxygens (including phenoxy) is 17. The number of carbonyl (C=O) groups excluding carboxylic acids is 13. The van der Waals surface area contributed by atoms with E-state index in [1.54, 1.807) is 14.2 Å². The first kappa shape index (κ1) is 116. The molecule has 42 heteroatoms. The highest BCUT2D eigenvalue weighted by Gasteiger charge is 2.58. The molecule has 3 aliphatic heterocycles. The van der Waals surface area contributed by atoms with E-state index in [-0.39, 0.29) is 153 Å². The highest BCUT2D eigenvalue weighted by atomic mass is 31.2. The van der Waals surface area contributed by atoms with E-state index in [1.807, 2.05) is 71.6 Å². The fraction of sp³-hybridized carbons (Fsp3) is 0.612. The van der Waals surface area contributed by atoms with E-state index in [0.29, 0.717) is 50.3 Å². The van der Waals surface area contributed by atoms with Gasteiger partial charge in [-0.1, -0.05) is 94.1 Å². The van der Waals surface area contributed by atoms with Crippen LogP contribution in [0.15, 0.2) is 97.1 Å². The predicted molar refractivity (Wildman–Crippen MR) is 504 cm³/mol. The molecule has 3 aliphatic rings. The van der Waals surface area contributed by atoms with Crippen molar-refractivity contribution in [1.82, 2.24) is 30.8 Å². The van der Waals surface area contributed by atoms with E-state index in [0.717, 1.165) is 77.5 Å². The Morgan fingerprint density at radius 3 is 1.44 bits per heavy atom. The Hall–Kier alpha value is -10.8. The average molecular weight is 1990 g/mol. The number of amides is 7. The minimum Gasteiger partial charge on any atom is -0.497 e. The third-order valence-electron chi connectivity index (χ3n) is 23.1. The number of anilines is 1. The SMILES string of the molecule is COc1ccc(C(OCC2(C)CN(C(=O)CCCCCCCCC(=O)NCC(=O)Nc3cc(C(=O)NCCOCCOCCOC4OC(COC(C)=O)C(OC(C)=O)C(OC(C)=O)C4NC(C)=O)cc(C(=O)NCCOCCOCCOC4OC(COC(C)=O)C(OC(C)=O)C(OC(C)=O)C4[NH2+]C(C)=O)c3)CC2(C)COP(OCCC#N)N(C(C)C)C(C)C)(c2ccccc2)c2ccc(OC)cc2)cc1. The molecular weight excluding hydrogens is 1850 g/mol. The first-order valence-electron chi connectivity index (χ1n) is 47.0. The maximum Gasteiger partial charge on any atom is 0.307 e. The molecule has 0 aromatic heterocycles. The molecule has 13 unspecified atom stereocenters. The van der Waals surface area contributed by atoms with Gasteiger partial charge in [-0.25, -0.2) is 9.46 Å². The second-order valence-corrected chi connectivity index (χ2v) is 36.5. The second kappa shape index (κ2) is 59.8. The Morgan fingerprint density at radius 2 is 0.964 bits per heavy atom. The number of hydrogen-bond donors (Lipinski definition) is 6. The van der Waals surface area contributed by atoms with Crippen molar-refractivity contribution in [2.45, 2.75) is 234 Å². The van der Waals surface area contributed by atoms with Crippen LogP contribution >= 0.6 is 8.53 Å². The van der Waals surface area contributed by atoms with E-state index in [4.69, 9.17) is 89.6 Å². The molecule has 0 bridgehead atoms. The lowest BCUT2D eigenvalue weighted by Gasteiger charge is -2.44. The molecule has 41 nitrogen and oxygen atoms in total. The van der Waals surface area contributed by atoms with Gasteiger partial charge in [0, 0.05) is 127 Å². The number of nitriles is 1. The van der Waals surface area contributed by atoms with E-state index < -0.39 is 171 Å². The lowest BCUT2D eigenvalue weighted by Crippen LogP contribution is -2.99. The van der Waals surface area contributed by atoms with Crippen LogP contribution in [-0.2, 0) is 138 Å². The molecule has 7 amide bonds. The summed E-state index contributed by atoms with van der Waals surface area (Å²) in [6, 6.07) is 29.8. The van der Waals surface area contributed by atoms with Crippen LogP contribution in [0, 0.1) is 22.2 Å². The maximum atomic E-state index is 14.7. The van der Waals surface area contributed by atoms with E-state index >= 15 is 0 Å². The molecule has 4 aromatic rings. The Kier molecular flexibility index (Phi) is 49.6. The molecule has 774 valence electrons. The van der Waals surface area contributed by atoms with E-state index in [1.165, 1.54) is 37.4 Å². The maximum absolute atomic E-state index is 14.7. The summed E-state index contributed by atoms with van der Waals surface area (Å²) in [6.45, 7) is 21.8. The van der Waals surface area contributed by atoms with Gasteiger partial charge in [0.2, 0.25) is 29.9 Å². The third-order valence-corrected chi connectivity index (χ3v) is 25.2. The molecule has 7 rings (SSSR count). The normalized spacial score (nSPS) is 20.8. The minimum absolute atomic E-state index is 0.00157. The quantitative estimate of drug-likeness (QED) is 0.00862. The first-order chi connectivity index (χ1) is 66.8. The summed E-state index contributed by atoms with van der Waals surface area (Å²) in [7, 11) is 1.61. The number of unbranched alkanes of at least 4 members (excludes halogenated alkanes) is 5. The molecule has 0 spiro atoms. The molecule has 4 aromatic carbocycles. The summed E-state index contributed by atoms with van der Waals surface area (Å²) in [4.78, 5) is 169. The zero-order chi connectivity index (χ0) is 102. The fourth-order valence-corrected chi connectivity index (χ4v) is 18.1. The number of quaternary nitrogens is 1. The molecule has 140 heavy (non-hydrogen) atoms. The molecule has 13 atom stereocenters. The van der Waals surface area contributed by atoms with Gasteiger partial charge in [-0.2, -0.15) is 5.26 Å². The van der Waals surface area contributed by atoms with Crippen LogP contribution in [0.3, 0.4) is 0 Å². The van der Waals surface area contributed by atoms with Gasteiger partial charge in [-0.15, -0.1) is 0 Å². The van der Waals surface area contributed by atoms with Gasteiger partial charge in [-0.3, -0.25) is 62.9 Å². The van der Waals surface area contributed by atoms with Crippen molar-refractivity contribution in [2.75, 3.05) is 151 Å². The number of esters is 6. The number of benzene rings is 4. The van der Waals surface area contributed by atoms with Gasteiger partial charge in [0.15, 0.2) is 36.7 Å². The van der Waals surface area contributed by atoms with Crippen LogP contribution in [-0.4, -0.2) is 306 Å². The van der Waals surface area contributed by atoms with Crippen molar-refractivity contribution < 1.29 is 157 Å². The largest absolute Gasteiger partial charge is 0.497 e. The van der Waals surface area contributed by atoms with Gasteiger partial charge in [0.25, 0.3) is 20.3 Å². The Morgan fingerprint density at radius 1 is 0.514 bits per heavy atom. The van der Waals surface area contributed by atoms with Gasteiger partial charge >= 0.3 is 41.7 Å². The first-order valence-corrected chi connectivity index (χ1v) is 48.2. The van der Waals surface area contributed by atoms with Gasteiger partial charge in [0.05, 0.1) is 126 Å². The van der Waals surface area contributed by atoms with Crippen molar-refractivity contribution in [3.63, 3.8) is 0 Å². The number of nitrogens with zero attached hydrogens (tertiary/aromatic N) is 3. The van der Waals surface area contributed by atoms with Gasteiger partial charge in [0.1, 0.15) is 48.6 Å². The monoisotopic (exact) mass is 1990 g/mol. The molecule has 0 aliphatic carbocycles. The summed E-state index contributed by atoms with van der Waals surface area (Å²) >= 11 is 0. The highest BCUT2D eigenvalue weighted by Crippen LogP contribution is 2.54. The van der Waals surface area contributed by atoms with Crippen molar-refractivity contribution >= 4 is 91.4 Å². The van der Waals surface area contributed by atoms with Crippen molar-refractivity contribution in [2.24, 2.45) is 10.8 Å². The number of methoxy groups -OCH3 is 2. The number of nitrogens with one attached hydrogen (secondary N) is 5. The second-order valence-electron chi connectivity index (χ2n) is 35.0. The number of carbonyl (C=O) groups is 13. The van der Waals surface area contributed by atoms with Crippen LogP contribution in [0.25, 0.3) is 0 Å². The molecule has 0 saturated carbocycles. The predicted octanol–water partition coefficient (Wildman–Crippen LogP) is 6.88. The summed E-state index contributed by atoms with van der Waals surface area (Å²) in [5, 5.41) is 24.2. The van der Waals surface area contributed by atoms with Crippen LogP contribution in [0.4, 0.5) is 5.69 Å². The topological polar surface area (TPSA) is 504 Å². The van der Waals surface area contributed by atoms with Crippen molar-refractivity contribution in [3.05, 3.63) is 125 Å². The highest BCUT2D eigenvalue weighted by molar-refractivity contribution is 7.44. The Balaban J connectivity index is 0.926. The van der Waals surface area contributed by atoms with Gasteiger partial charge < -0.3 is 121 Å². The average Bonchev–Trinajstić information content (AvgIpc) is 1.50. The van der Waals surface area contributed by atoms with E-state index in [9.17, 15) is 67.6 Å². The fourth-order valence-electron chi connectivity index (χ4n) is 16.3. The lowest BCUT2D eigenvalue weighted by molar-refractivity contribution is -0.642. The standard InChI is InChI=1S/C98H140N9O32P/c1-63(2)107(64(3)4)140(132-42-26-39-99)133-62-97(14)60-106(59-96(97,13)61-131-98(75-27-22-21-23-28-75,76-31-35-79(121-15)36-32-76)77-33-37-80(122-16)38-34-77)85(118)30-25-20-18-17-19-24-29-83(116)102-56-84(117)105-78-54-73(92(119)100-40-43-123-45-47-125-49-51-127-94-86(103-65(5)108)90(136-71(11)114)88(134-69(9)112)81(138-94)57-129-67(7)110)53-74(55-78)93(120)101-41-44-124-46-48-126-50-52-128-95-87(104-66(6)109)91(137-72(12)115)89(135-70(10)113)82(139-95)58-130-68(8)111/h21-23,27-28,31-38,53-55,63-64,81-82,86-91,94-95H,17-20,24-26,29-30,40-52,56-62H2,1-16H3,(H,100,119)(H,101,120)(H,102,116)(H,103,108)(H,104,109)(H,105,117)/p+1. The third kappa shape index (κ3) is 37.6. The van der Waals surface area contributed by atoms with Gasteiger partial charge in [-0.05, 0) is 99.7 Å². The molecule has 3 heterocycles. The lowest BCUT2D eigenvalue weighted by atomic mass is 9.68. The molecular formula is C98H141N9O32P+. The van der Waals surface area contributed by atoms with Crippen LogP contribution in [0.2, 0.25) is 0 Å². The molecule has 7 N–H and O–H groups in total. The zero-order valence-corrected chi connectivity index (χ0v) is 84.0. The summed E-state index contributed by atoms with van der Waals surface area (Å²) in [5.74, 6) is -6.36. The number of nitrogens with two attached hydrogens (primary N) is 1. The van der Waals surface area contributed by atoms with Crippen LogP contribution in [0.1, 0.15) is 192 Å². The molecule has 3 saturated heterocycles.